The molecule has 0 aliphatic heterocycles. The Balaban J connectivity index is 2.60. The Morgan fingerprint density at radius 2 is 2.00 bits per heavy atom. The van der Waals surface area contributed by atoms with Gasteiger partial charge in [0.25, 0.3) is 0 Å². The van der Waals surface area contributed by atoms with Gasteiger partial charge in [0.05, 0.1) is 25.2 Å². The summed E-state index contributed by atoms with van der Waals surface area (Å²) < 4.78 is 4.93. The van der Waals surface area contributed by atoms with E-state index in [1.54, 1.807) is 19.5 Å². The Labute approximate surface area is 122 Å². The highest BCUT2D eigenvalue weighted by Gasteiger charge is 2.14. The minimum Gasteiger partial charge on any atom is -0.467 e. The van der Waals surface area contributed by atoms with Crippen LogP contribution in [0.25, 0.3) is 0 Å². The predicted octanol–water partition coefficient (Wildman–Crippen LogP) is 3.83. The molecule has 0 fully saturated rings. The Morgan fingerprint density at radius 3 is 2.45 bits per heavy atom. The smallest absolute Gasteiger partial charge is 0.316 e. The number of hydrogen-bond acceptors (Lipinski definition) is 4. The van der Waals surface area contributed by atoms with Crippen molar-refractivity contribution in [2.75, 3.05) is 12.4 Å². The van der Waals surface area contributed by atoms with Gasteiger partial charge in [0, 0.05) is 6.04 Å². The van der Waals surface area contributed by atoms with Gasteiger partial charge >= 0.3 is 6.01 Å². The first-order valence-electron chi connectivity index (χ1n) is 6.82. The molecule has 0 spiro atoms. The van der Waals surface area contributed by atoms with Crippen LogP contribution in [0.4, 0.5) is 5.69 Å². The molecular formula is C16H25N3O. The summed E-state index contributed by atoms with van der Waals surface area (Å²) in [6.45, 7) is 12.6. The number of rotatable bonds is 6. The van der Waals surface area contributed by atoms with Gasteiger partial charge in [-0.3, -0.25) is 0 Å². The monoisotopic (exact) mass is 275 g/mol. The molecule has 0 saturated carbocycles. The van der Waals surface area contributed by atoms with Crippen LogP contribution in [-0.2, 0) is 0 Å². The van der Waals surface area contributed by atoms with Crippen LogP contribution in [0.15, 0.2) is 36.7 Å². The molecule has 0 radical (unpaired) electrons. The van der Waals surface area contributed by atoms with E-state index >= 15 is 0 Å². The van der Waals surface area contributed by atoms with Crippen molar-refractivity contribution in [2.24, 2.45) is 5.41 Å². The quantitative estimate of drug-likeness (QED) is 0.801. The molecule has 0 saturated heterocycles. The van der Waals surface area contributed by atoms with Gasteiger partial charge in [0.15, 0.2) is 0 Å². The van der Waals surface area contributed by atoms with E-state index in [1.807, 2.05) is 6.08 Å². The number of hydrogen-bond donors (Lipinski definition) is 1. The van der Waals surface area contributed by atoms with Crippen LogP contribution in [0.5, 0.6) is 6.01 Å². The fourth-order valence-corrected chi connectivity index (χ4v) is 1.84. The maximum atomic E-state index is 4.93. The lowest BCUT2D eigenvalue weighted by Gasteiger charge is -2.21. The van der Waals surface area contributed by atoms with Crippen LogP contribution in [0.1, 0.15) is 34.1 Å². The van der Waals surface area contributed by atoms with E-state index in [2.05, 4.69) is 55.6 Å². The van der Waals surface area contributed by atoms with E-state index in [-0.39, 0.29) is 5.41 Å². The van der Waals surface area contributed by atoms with Crippen molar-refractivity contribution in [1.82, 2.24) is 9.97 Å². The van der Waals surface area contributed by atoms with Crippen molar-refractivity contribution >= 4 is 5.69 Å². The van der Waals surface area contributed by atoms with Crippen LogP contribution in [0.3, 0.4) is 0 Å². The van der Waals surface area contributed by atoms with Crippen LogP contribution in [0, 0.1) is 5.41 Å². The van der Waals surface area contributed by atoms with Gasteiger partial charge in [-0.1, -0.05) is 39.5 Å². The number of nitrogens with one attached hydrogen (secondary N) is 1. The third-order valence-electron chi connectivity index (χ3n) is 3.00. The average molecular weight is 275 g/mol. The van der Waals surface area contributed by atoms with Crippen molar-refractivity contribution in [3.8, 4) is 6.01 Å². The van der Waals surface area contributed by atoms with E-state index in [0.717, 1.165) is 12.1 Å². The highest BCUT2D eigenvalue weighted by Crippen LogP contribution is 2.26. The standard InChI is InChI=1S/C16H25N3O/c1-7-13(16(3,4)5)9-8-12(2)19-14-10-17-15(20-6)18-11-14/h7,9-12,19H,1,8H2,2-6H3/b13-9+. The SMILES string of the molecule is C=C/C(=C\CC(C)Nc1cnc(OC)nc1)C(C)(C)C. The molecule has 1 heterocycles. The van der Waals surface area contributed by atoms with Crippen LogP contribution in [0.2, 0.25) is 0 Å². The zero-order chi connectivity index (χ0) is 15.2. The Hall–Kier alpha value is -1.84. The lowest BCUT2D eigenvalue weighted by Crippen LogP contribution is -2.16. The number of ether oxygens (including phenoxy) is 1. The van der Waals surface area contributed by atoms with Crippen molar-refractivity contribution in [2.45, 2.75) is 40.2 Å². The number of aromatic nitrogens is 2. The summed E-state index contributed by atoms with van der Waals surface area (Å²) in [7, 11) is 1.55. The summed E-state index contributed by atoms with van der Waals surface area (Å²) in [4.78, 5) is 8.15. The van der Waals surface area contributed by atoms with Crippen LogP contribution < -0.4 is 10.1 Å². The molecule has 0 aliphatic rings. The second kappa shape index (κ2) is 7.08. The van der Waals surface area contributed by atoms with Crippen molar-refractivity contribution in [3.05, 3.63) is 36.7 Å². The fourth-order valence-electron chi connectivity index (χ4n) is 1.84. The second-order valence-electron chi connectivity index (χ2n) is 5.85. The number of nitrogens with zero attached hydrogens (tertiary/aromatic N) is 2. The molecule has 20 heavy (non-hydrogen) atoms. The first-order chi connectivity index (χ1) is 9.36. The highest BCUT2D eigenvalue weighted by atomic mass is 16.5. The topological polar surface area (TPSA) is 47.0 Å². The molecule has 0 aliphatic carbocycles. The zero-order valence-corrected chi connectivity index (χ0v) is 13.1. The molecule has 0 aromatic carbocycles. The van der Waals surface area contributed by atoms with Gasteiger partial charge in [0.1, 0.15) is 0 Å². The summed E-state index contributed by atoms with van der Waals surface area (Å²) in [5, 5.41) is 3.36. The maximum absolute atomic E-state index is 4.93. The molecule has 110 valence electrons. The third-order valence-corrected chi connectivity index (χ3v) is 3.00. The Morgan fingerprint density at radius 1 is 1.40 bits per heavy atom. The molecule has 0 amide bonds. The molecule has 1 atom stereocenters. The van der Waals surface area contributed by atoms with Gasteiger partial charge in [0.2, 0.25) is 0 Å². The van der Waals surface area contributed by atoms with Gasteiger partial charge in [-0.15, -0.1) is 0 Å². The third kappa shape index (κ3) is 5.03. The molecule has 1 aromatic rings. The number of anilines is 1. The van der Waals surface area contributed by atoms with Crippen molar-refractivity contribution in [3.63, 3.8) is 0 Å². The Bertz CT molecular complexity index is 458. The molecule has 0 bridgehead atoms. The molecule has 1 N–H and O–H groups in total. The molecule has 4 heteroatoms. The maximum Gasteiger partial charge on any atom is 0.316 e. The van der Waals surface area contributed by atoms with Gasteiger partial charge in [-0.2, -0.15) is 0 Å². The predicted molar refractivity (Wildman–Crippen MR) is 84.0 cm³/mol. The summed E-state index contributed by atoms with van der Waals surface area (Å²) in [6.07, 6.45) is 8.54. The molecule has 1 rings (SSSR count). The molecule has 1 unspecified atom stereocenters. The van der Waals surface area contributed by atoms with Gasteiger partial charge in [-0.05, 0) is 24.3 Å². The molecular weight excluding hydrogens is 250 g/mol. The summed E-state index contributed by atoms with van der Waals surface area (Å²) in [6, 6.07) is 0.675. The first kappa shape index (κ1) is 16.2. The number of methoxy groups -OCH3 is 1. The highest BCUT2D eigenvalue weighted by molar-refractivity contribution is 5.39. The normalized spacial score (nSPS) is 13.8. The molecule has 4 nitrogen and oxygen atoms in total. The average Bonchev–Trinajstić information content (AvgIpc) is 2.38. The van der Waals surface area contributed by atoms with Crippen molar-refractivity contribution in [1.29, 1.82) is 0 Å². The largest absolute Gasteiger partial charge is 0.467 e. The fraction of sp³-hybridized carbons (Fsp3) is 0.500. The molecule has 1 aromatic heterocycles. The summed E-state index contributed by atoms with van der Waals surface area (Å²) in [5.41, 5.74) is 2.28. The van der Waals surface area contributed by atoms with E-state index in [4.69, 9.17) is 4.74 Å². The number of allylic oxidation sites excluding steroid dienone is 2. The Kier molecular flexibility index (Phi) is 5.74. The van der Waals surface area contributed by atoms with Crippen LogP contribution >= 0.6 is 0 Å². The first-order valence-corrected chi connectivity index (χ1v) is 6.82. The lowest BCUT2D eigenvalue weighted by molar-refractivity contribution is 0.380. The van der Waals surface area contributed by atoms with E-state index in [0.29, 0.717) is 12.1 Å². The summed E-state index contributed by atoms with van der Waals surface area (Å²) in [5.74, 6) is 0. The van der Waals surface area contributed by atoms with Gasteiger partial charge in [-0.25, -0.2) is 9.97 Å². The summed E-state index contributed by atoms with van der Waals surface area (Å²) >= 11 is 0. The van der Waals surface area contributed by atoms with E-state index in [1.165, 1.54) is 5.57 Å². The van der Waals surface area contributed by atoms with Crippen LogP contribution in [-0.4, -0.2) is 23.1 Å². The minimum atomic E-state index is 0.130. The second-order valence-corrected chi connectivity index (χ2v) is 5.85. The van der Waals surface area contributed by atoms with E-state index < -0.39 is 0 Å². The van der Waals surface area contributed by atoms with Crippen molar-refractivity contribution < 1.29 is 4.74 Å². The minimum absolute atomic E-state index is 0.130. The van der Waals surface area contributed by atoms with Gasteiger partial charge < -0.3 is 10.1 Å². The lowest BCUT2D eigenvalue weighted by atomic mass is 9.85. The zero-order valence-electron chi connectivity index (χ0n) is 13.1. The van der Waals surface area contributed by atoms with E-state index in [9.17, 15) is 0 Å².